The zero-order valence-corrected chi connectivity index (χ0v) is 16.2. The van der Waals surface area contributed by atoms with Gasteiger partial charge in [0.25, 0.3) is 11.8 Å². The van der Waals surface area contributed by atoms with Crippen LogP contribution < -0.4 is 0 Å². The molecular formula is C22H32N2O2. The molecule has 1 aromatic carbocycles. The van der Waals surface area contributed by atoms with Gasteiger partial charge in [-0.05, 0) is 63.5 Å². The molecule has 0 bridgehead atoms. The topological polar surface area (TPSA) is 40.6 Å². The standard InChI is InChI=1S/C22H32N2O2/c1-3-17-11-7-9-15-23(17)21(25)19-13-5-6-14-20(19)22(26)24-16-10-8-12-18(24)4-2/h5-6,13-14,17-18H,3-4,7-12,15-16H2,1-2H3. The average Bonchev–Trinajstić information content (AvgIpc) is 2.72. The minimum Gasteiger partial charge on any atom is -0.336 e. The van der Waals surface area contributed by atoms with Crippen LogP contribution >= 0.6 is 0 Å². The van der Waals surface area contributed by atoms with Crippen LogP contribution in [0.25, 0.3) is 0 Å². The van der Waals surface area contributed by atoms with E-state index in [1.807, 2.05) is 34.1 Å². The first kappa shape index (κ1) is 18.9. The SMILES string of the molecule is CCC1CCCCN1C(=O)c1ccccc1C(=O)N1CCCCC1CC. The number of likely N-dealkylation sites (tertiary alicyclic amines) is 2. The van der Waals surface area contributed by atoms with E-state index in [9.17, 15) is 9.59 Å². The summed E-state index contributed by atoms with van der Waals surface area (Å²) in [5, 5.41) is 0. The van der Waals surface area contributed by atoms with Crippen molar-refractivity contribution in [3.63, 3.8) is 0 Å². The Labute approximate surface area is 157 Å². The van der Waals surface area contributed by atoms with Crippen molar-refractivity contribution >= 4 is 11.8 Å². The predicted octanol–water partition coefficient (Wildman–Crippen LogP) is 4.50. The molecule has 0 radical (unpaired) electrons. The van der Waals surface area contributed by atoms with Crippen molar-refractivity contribution in [1.82, 2.24) is 9.80 Å². The van der Waals surface area contributed by atoms with Gasteiger partial charge in [0.1, 0.15) is 0 Å². The number of benzene rings is 1. The molecule has 0 spiro atoms. The highest BCUT2D eigenvalue weighted by Crippen LogP contribution is 2.26. The lowest BCUT2D eigenvalue weighted by molar-refractivity contribution is 0.0567. The highest BCUT2D eigenvalue weighted by Gasteiger charge is 2.32. The van der Waals surface area contributed by atoms with Crippen LogP contribution in [0.3, 0.4) is 0 Å². The first-order chi connectivity index (χ1) is 12.7. The van der Waals surface area contributed by atoms with Gasteiger partial charge < -0.3 is 9.80 Å². The Balaban J connectivity index is 1.87. The number of amides is 2. The first-order valence-electron chi connectivity index (χ1n) is 10.4. The second kappa shape index (κ2) is 8.70. The molecule has 4 nitrogen and oxygen atoms in total. The summed E-state index contributed by atoms with van der Waals surface area (Å²) < 4.78 is 0. The molecule has 2 fully saturated rings. The Morgan fingerprint density at radius 2 is 1.23 bits per heavy atom. The maximum Gasteiger partial charge on any atom is 0.254 e. The van der Waals surface area contributed by atoms with Gasteiger partial charge in [0, 0.05) is 25.2 Å². The third kappa shape index (κ3) is 3.79. The maximum atomic E-state index is 13.3. The van der Waals surface area contributed by atoms with E-state index in [0.29, 0.717) is 23.2 Å². The van der Waals surface area contributed by atoms with Crippen LogP contribution in [0, 0.1) is 0 Å². The Morgan fingerprint density at radius 1 is 0.808 bits per heavy atom. The number of hydrogen-bond acceptors (Lipinski definition) is 2. The second-order valence-electron chi connectivity index (χ2n) is 7.66. The summed E-state index contributed by atoms with van der Waals surface area (Å²) in [6, 6.07) is 8.03. The first-order valence-corrected chi connectivity index (χ1v) is 10.4. The quantitative estimate of drug-likeness (QED) is 0.797. The lowest BCUT2D eigenvalue weighted by Crippen LogP contribution is -2.46. The fraction of sp³-hybridized carbons (Fsp3) is 0.636. The van der Waals surface area contributed by atoms with E-state index in [1.165, 1.54) is 12.8 Å². The van der Waals surface area contributed by atoms with Gasteiger partial charge in [-0.1, -0.05) is 26.0 Å². The lowest BCUT2D eigenvalue weighted by atomic mass is 9.95. The van der Waals surface area contributed by atoms with E-state index in [-0.39, 0.29) is 11.8 Å². The van der Waals surface area contributed by atoms with Crippen molar-refractivity contribution in [2.45, 2.75) is 77.3 Å². The van der Waals surface area contributed by atoms with Gasteiger partial charge in [-0.25, -0.2) is 0 Å². The number of hydrogen-bond donors (Lipinski definition) is 0. The molecule has 2 amide bonds. The van der Waals surface area contributed by atoms with Crippen LogP contribution in [0.5, 0.6) is 0 Å². The molecule has 2 atom stereocenters. The molecule has 0 aromatic heterocycles. The smallest absolute Gasteiger partial charge is 0.254 e. The van der Waals surface area contributed by atoms with Gasteiger partial charge in [-0.3, -0.25) is 9.59 Å². The van der Waals surface area contributed by atoms with Crippen LogP contribution in [0.15, 0.2) is 24.3 Å². The Kier molecular flexibility index (Phi) is 6.33. The Hall–Kier alpha value is -1.84. The lowest BCUT2D eigenvalue weighted by Gasteiger charge is -2.37. The molecule has 3 rings (SSSR count). The van der Waals surface area contributed by atoms with E-state index in [2.05, 4.69) is 13.8 Å². The molecule has 0 saturated carbocycles. The van der Waals surface area contributed by atoms with Crippen LogP contribution in [-0.2, 0) is 0 Å². The molecule has 1 aromatic rings. The fourth-order valence-electron chi connectivity index (χ4n) is 4.55. The van der Waals surface area contributed by atoms with Gasteiger partial charge in [0.15, 0.2) is 0 Å². The zero-order valence-electron chi connectivity index (χ0n) is 16.2. The van der Waals surface area contributed by atoms with E-state index >= 15 is 0 Å². The monoisotopic (exact) mass is 356 g/mol. The minimum atomic E-state index is 0.0329. The largest absolute Gasteiger partial charge is 0.336 e. The number of nitrogens with zero attached hydrogens (tertiary/aromatic N) is 2. The van der Waals surface area contributed by atoms with Crippen molar-refractivity contribution in [3.8, 4) is 0 Å². The van der Waals surface area contributed by atoms with Gasteiger partial charge in [-0.2, -0.15) is 0 Å². The summed E-state index contributed by atoms with van der Waals surface area (Å²) >= 11 is 0. The number of piperidine rings is 2. The molecule has 2 aliphatic rings. The average molecular weight is 357 g/mol. The number of rotatable bonds is 4. The molecule has 26 heavy (non-hydrogen) atoms. The highest BCUT2D eigenvalue weighted by atomic mass is 16.2. The molecule has 2 saturated heterocycles. The number of carbonyl (C=O) groups is 2. The van der Waals surface area contributed by atoms with Crippen molar-refractivity contribution in [2.24, 2.45) is 0 Å². The van der Waals surface area contributed by atoms with Crippen LogP contribution in [0.2, 0.25) is 0 Å². The van der Waals surface area contributed by atoms with Gasteiger partial charge in [0.2, 0.25) is 0 Å². The van der Waals surface area contributed by atoms with Crippen LogP contribution in [-0.4, -0.2) is 46.8 Å². The summed E-state index contributed by atoms with van der Waals surface area (Å²) in [7, 11) is 0. The van der Waals surface area contributed by atoms with Crippen LogP contribution in [0.4, 0.5) is 0 Å². The highest BCUT2D eigenvalue weighted by molar-refractivity contribution is 6.07. The van der Waals surface area contributed by atoms with Gasteiger partial charge >= 0.3 is 0 Å². The Morgan fingerprint density at radius 3 is 1.62 bits per heavy atom. The summed E-state index contributed by atoms with van der Waals surface area (Å²) in [4.78, 5) is 30.6. The molecule has 142 valence electrons. The van der Waals surface area contributed by atoms with Crippen molar-refractivity contribution in [3.05, 3.63) is 35.4 Å². The molecular weight excluding hydrogens is 324 g/mol. The van der Waals surface area contributed by atoms with Gasteiger partial charge in [0.05, 0.1) is 11.1 Å². The van der Waals surface area contributed by atoms with E-state index in [4.69, 9.17) is 0 Å². The second-order valence-corrected chi connectivity index (χ2v) is 7.66. The third-order valence-electron chi connectivity index (χ3n) is 6.11. The summed E-state index contributed by atoms with van der Waals surface area (Å²) in [6.45, 7) is 5.90. The zero-order chi connectivity index (χ0) is 18.5. The predicted molar refractivity (Wildman–Crippen MR) is 104 cm³/mol. The van der Waals surface area contributed by atoms with Gasteiger partial charge in [-0.15, -0.1) is 0 Å². The normalized spacial score (nSPS) is 23.8. The molecule has 0 N–H and O–H groups in total. The molecule has 2 aliphatic heterocycles. The third-order valence-corrected chi connectivity index (χ3v) is 6.11. The summed E-state index contributed by atoms with van der Waals surface area (Å²) in [5.74, 6) is 0.0658. The summed E-state index contributed by atoms with van der Waals surface area (Å²) in [5.41, 5.74) is 1.16. The molecule has 2 heterocycles. The summed E-state index contributed by atoms with van der Waals surface area (Å²) in [6.07, 6.45) is 8.59. The van der Waals surface area contributed by atoms with Crippen molar-refractivity contribution in [1.29, 1.82) is 0 Å². The van der Waals surface area contributed by atoms with Crippen molar-refractivity contribution < 1.29 is 9.59 Å². The molecule has 0 aliphatic carbocycles. The Bertz CT molecular complexity index is 588. The maximum absolute atomic E-state index is 13.3. The number of carbonyl (C=O) groups excluding carboxylic acids is 2. The van der Waals surface area contributed by atoms with Crippen LogP contribution in [0.1, 0.15) is 85.9 Å². The molecule has 2 unspecified atom stereocenters. The molecule has 4 heteroatoms. The van der Waals surface area contributed by atoms with Crippen molar-refractivity contribution in [2.75, 3.05) is 13.1 Å². The van der Waals surface area contributed by atoms with E-state index in [1.54, 1.807) is 0 Å². The van der Waals surface area contributed by atoms with E-state index in [0.717, 1.165) is 51.6 Å². The minimum absolute atomic E-state index is 0.0329. The van der Waals surface area contributed by atoms with E-state index < -0.39 is 0 Å². The fourth-order valence-corrected chi connectivity index (χ4v) is 4.55.